The van der Waals surface area contributed by atoms with Crippen LogP contribution in [0.2, 0.25) is 0 Å². The van der Waals surface area contributed by atoms with E-state index in [1.807, 2.05) is 13.0 Å². The van der Waals surface area contributed by atoms with Gasteiger partial charge in [0.15, 0.2) is 11.5 Å². The molecule has 8 heteroatoms. The zero-order chi connectivity index (χ0) is 13.6. The maximum atomic E-state index is 11.2. The molecule has 0 saturated heterocycles. The predicted molar refractivity (Wildman–Crippen MR) is 72.2 cm³/mol. The Morgan fingerprint density at radius 2 is 2.21 bits per heavy atom. The number of anilines is 1. The molecule has 3 rings (SSSR count). The quantitative estimate of drug-likeness (QED) is 0.719. The summed E-state index contributed by atoms with van der Waals surface area (Å²) in [6.45, 7) is 1.99. The molecule has 4 N–H and O–H groups in total. The van der Waals surface area contributed by atoms with E-state index in [1.165, 1.54) is 17.2 Å². The molecule has 0 fully saturated rings. The van der Waals surface area contributed by atoms with Gasteiger partial charge in [-0.15, -0.1) is 11.3 Å². The van der Waals surface area contributed by atoms with Gasteiger partial charge in [-0.2, -0.15) is 5.10 Å². The Kier molecular flexibility index (Phi) is 2.46. The average Bonchev–Trinajstić information content (AvgIpc) is 2.90. The molecule has 96 valence electrons. The van der Waals surface area contributed by atoms with Gasteiger partial charge in [0.25, 0.3) is 5.91 Å². The van der Waals surface area contributed by atoms with Crippen molar-refractivity contribution in [3.8, 4) is 5.82 Å². The number of hydrogen-bond donors (Lipinski definition) is 2. The first-order valence-corrected chi connectivity index (χ1v) is 6.24. The number of aromatic nitrogens is 4. The lowest BCUT2D eigenvalue weighted by Crippen LogP contribution is -2.14. The molecule has 3 aromatic heterocycles. The van der Waals surface area contributed by atoms with Crippen LogP contribution in [0.5, 0.6) is 0 Å². The maximum absolute atomic E-state index is 11.2. The van der Waals surface area contributed by atoms with Crippen molar-refractivity contribution in [1.29, 1.82) is 0 Å². The summed E-state index contributed by atoms with van der Waals surface area (Å²) in [4.78, 5) is 21.5. The summed E-state index contributed by atoms with van der Waals surface area (Å²) in [6, 6.07) is 1.97. The van der Waals surface area contributed by atoms with Gasteiger partial charge >= 0.3 is 0 Å². The number of primary amides is 1. The fraction of sp³-hybridized carbons (Fsp3) is 0.0909. The molecule has 0 aliphatic carbocycles. The van der Waals surface area contributed by atoms with Crippen molar-refractivity contribution in [2.45, 2.75) is 6.92 Å². The minimum atomic E-state index is -0.664. The van der Waals surface area contributed by atoms with Gasteiger partial charge in [0.2, 0.25) is 0 Å². The Hall–Kier alpha value is -2.48. The second-order valence-corrected chi connectivity index (χ2v) is 5.25. The molecule has 0 saturated carbocycles. The normalized spacial score (nSPS) is 11.0. The molecule has 0 spiro atoms. The van der Waals surface area contributed by atoms with Crippen LogP contribution in [0.1, 0.15) is 15.4 Å². The zero-order valence-electron chi connectivity index (χ0n) is 9.99. The number of hydrogen-bond acceptors (Lipinski definition) is 6. The third-order valence-corrected chi connectivity index (χ3v) is 3.58. The number of rotatable bonds is 2. The van der Waals surface area contributed by atoms with Gasteiger partial charge in [0.05, 0.1) is 17.3 Å². The fourth-order valence-electron chi connectivity index (χ4n) is 1.83. The highest BCUT2D eigenvalue weighted by atomic mass is 32.1. The van der Waals surface area contributed by atoms with E-state index in [4.69, 9.17) is 11.5 Å². The SMILES string of the molecule is Cc1cc2c(-n3cc(N)c(C(N)=O)n3)ncnc2s1. The van der Waals surface area contributed by atoms with Crippen LogP contribution in [0, 0.1) is 6.92 Å². The van der Waals surface area contributed by atoms with Crippen molar-refractivity contribution >= 4 is 33.1 Å². The van der Waals surface area contributed by atoms with E-state index in [0.717, 1.165) is 15.1 Å². The minimum absolute atomic E-state index is 0.0405. The van der Waals surface area contributed by atoms with E-state index in [9.17, 15) is 4.79 Å². The van der Waals surface area contributed by atoms with Crippen LogP contribution in [-0.4, -0.2) is 25.7 Å². The number of carbonyl (C=O) groups excluding carboxylic acids is 1. The summed E-state index contributed by atoms with van der Waals surface area (Å²) in [5.41, 5.74) is 11.2. The molecule has 3 aromatic rings. The molecule has 7 nitrogen and oxygen atoms in total. The highest BCUT2D eigenvalue weighted by Gasteiger charge is 2.15. The smallest absolute Gasteiger partial charge is 0.271 e. The number of carbonyl (C=O) groups is 1. The van der Waals surface area contributed by atoms with Crippen LogP contribution in [0.25, 0.3) is 16.0 Å². The molecular formula is C11H10N6OS. The summed E-state index contributed by atoms with van der Waals surface area (Å²) in [7, 11) is 0. The number of nitrogens with zero attached hydrogens (tertiary/aromatic N) is 4. The summed E-state index contributed by atoms with van der Waals surface area (Å²) >= 11 is 1.56. The van der Waals surface area contributed by atoms with Gasteiger partial charge in [-0.05, 0) is 13.0 Å². The molecule has 19 heavy (non-hydrogen) atoms. The second-order valence-electron chi connectivity index (χ2n) is 4.02. The van der Waals surface area contributed by atoms with Gasteiger partial charge in [0.1, 0.15) is 11.2 Å². The van der Waals surface area contributed by atoms with Crippen molar-refractivity contribution < 1.29 is 4.79 Å². The van der Waals surface area contributed by atoms with Gasteiger partial charge in [0, 0.05) is 4.88 Å². The Balaban J connectivity index is 2.24. The molecule has 0 unspecified atom stereocenters. The van der Waals surface area contributed by atoms with Crippen molar-refractivity contribution in [1.82, 2.24) is 19.7 Å². The van der Waals surface area contributed by atoms with E-state index in [1.54, 1.807) is 11.3 Å². The first-order chi connectivity index (χ1) is 9.06. The molecule has 1 amide bonds. The van der Waals surface area contributed by atoms with Crippen LogP contribution >= 0.6 is 11.3 Å². The molecule has 3 heterocycles. The van der Waals surface area contributed by atoms with Crippen molar-refractivity contribution in [2.24, 2.45) is 5.73 Å². The molecule has 0 bridgehead atoms. The molecule has 0 atom stereocenters. The molecular weight excluding hydrogens is 264 g/mol. The number of amides is 1. The van der Waals surface area contributed by atoms with Crippen LogP contribution in [0.3, 0.4) is 0 Å². The van der Waals surface area contributed by atoms with Gasteiger partial charge in [-0.1, -0.05) is 0 Å². The molecule has 0 aromatic carbocycles. The van der Waals surface area contributed by atoms with Crippen molar-refractivity contribution in [2.75, 3.05) is 5.73 Å². The average molecular weight is 274 g/mol. The number of nitrogen functional groups attached to an aromatic ring is 1. The van der Waals surface area contributed by atoms with Crippen LogP contribution in [-0.2, 0) is 0 Å². The van der Waals surface area contributed by atoms with Crippen molar-refractivity contribution in [3.63, 3.8) is 0 Å². The molecule has 0 aliphatic heterocycles. The molecule has 0 radical (unpaired) electrons. The summed E-state index contributed by atoms with van der Waals surface area (Å²) in [5, 5.41) is 4.93. The fourth-order valence-corrected chi connectivity index (χ4v) is 2.68. The number of nitrogens with two attached hydrogens (primary N) is 2. The number of aryl methyl sites for hydroxylation is 1. The Bertz CT molecular complexity index is 790. The van der Waals surface area contributed by atoms with Gasteiger partial charge in [-0.25, -0.2) is 14.6 Å². The summed E-state index contributed by atoms with van der Waals surface area (Å²) in [6.07, 6.45) is 2.98. The van der Waals surface area contributed by atoms with E-state index in [2.05, 4.69) is 15.1 Å². The van der Waals surface area contributed by atoms with E-state index in [0.29, 0.717) is 5.82 Å². The summed E-state index contributed by atoms with van der Waals surface area (Å²) in [5.74, 6) is -0.0865. The standard InChI is InChI=1S/C11H10N6OS/c1-5-2-6-10(14-4-15-11(6)19-5)17-3-7(12)8(16-17)9(13)18/h2-4H,12H2,1H3,(H2,13,18). The lowest BCUT2D eigenvalue weighted by Gasteiger charge is -2.00. The molecule has 0 aliphatic rings. The summed E-state index contributed by atoms with van der Waals surface area (Å²) < 4.78 is 1.45. The van der Waals surface area contributed by atoms with E-state index >= 15 is 0 Å². The highest BCUT2D eigenvalue weighted by Crippen LogP contribution is 2.27. The van der Waals surface area contributed by atoms with Crippen LogP contribution in [0.15, 0.2) is 18.6 Å². The lowest BCUT2D eigenvalue weighted by molar-refractivity contribution is 0.0996. The number of thiophene rings is 1. The Labute approximate surface area is 111 Å². The first-order valence-electron chi connectivity index (χ1n) is 5.42. The Morgan fingerprint density at radius 3 is 2.89 bits per heavy atom. The van der Waals surface area contributed by atoms with Crippen LogP contribution < -0.4 is 11.5 Å². The highest BCUT2D eigenvalue weighted by molar-refractivity contribution is 7.18. The van der Waals surface area contributed by atoms with E-state index in [-0.39, 0.29) is 11.4 Å². The second kappa shape index (κ2) is 4.02. The van der Waals surface area contributed by atoms with E-state index < -0.39 is 5.91 Å². The largest absolute Gasteiger partial charge is 0.396 e. The topological polar surface area (TPSA) is 113 Å². The van der Waals surface area contributed by atoms with Gasteiger partial charge in [-0.3, -0.25) is 4.79 Å². The lowest BCUT2D eigenvalue weighted by atomic mass is 10.3. The third-order valence-electron chi connectivity index (χ3n) is 2.62. The first kappa shape index (κ1) is 11.6. The maximum Gasteiger partial charge on any atom is 0.271 e. The predicted octanol–water partition coefficient (Wildman–Crippen LogP) is 0.867. The van der Waals surface area contributed by atoms with Gasteiger partial charge < -0.3 is 11.5 Å². The monoisotopic (exact) mass is 274 g/mol. The van der Waals surface area contributed by atoms with Crippen molar-refractivity contribution in [3.05, 3.63) is 29.2 Å². The minimum Gasteiger partial charge on any atom is -0.396 e. The third kappa shape index (κ3) is 1.82. The zero-order valence-corrected chi connectivity index (χ0v) is 10.8. The Morgan fingerprint density at radius 1 is 1.42 bits per heavy atom. The number of fused-ring (bicyclic) bond motifs is 1. The van der Waals surface area contributed by atoms with Crippen LogP contribution in [0.4, 0.5) is 5.69 Å².